The van der Waals surface area contributed by atoms with Crippen LogP contribution < -0.4 is 10.5 Å². The minimum atomic E-state index is -0.0418. The molecule has 1 fully saturated rings. The molecular weight excluding hydrogens is 296 g/mol. The van der Waals surface area contributed by atoms with Gasteiger partial charge in [-0.1, -0.05) is 23.8 Å². The van der Waals surface area contributed by atoms with Gasteiger partial charge in [-0.25, -0.2) is 0 Å². The molecule has 0 aliphatic carbocycles. The maximum atomic E-state index is 12.5. The van der Waals surface area contributed by atoms with E-state index in [-0.39, 0.29) is 11.8 Å². The summed E-state index contributed by atoms with van der Waals surface area (Å²) in [4.78, 5) is 14.9. The van der Waals surface area contributed by atoms with Crippen LogP contribution >= 0.6 is 23.8 Å². The number of piperidine rings is 1. The molecule has 0 bridgehead atoms. The molecule has 6 heteroatoms. The first kappa shape index (κ1) is 15.1. The molecule has 108 valence electrons. The van der Waals surface area contributed by atoms with Gasteiger partial charge in [0, 0.05) is 24.0 Å². The van der Waals surface area contributed by atoms with Gasteiger partial charge in [0.1, 0.15) is 5.75 Å². The summed E-state index contributed by atoms with van der Waals surface area (Å²) in [5, 5.41) is 0.547. The number of halogens is 1. The summed E-state index contributed by atoms with van der Waals surface area (Å²) in [6, 6.07) is 5.04. The quantitative estimate of drug-likeness (QED) is 0.871. The molecule has 4 nitrogen and oxygen atoms in total. The number of ether oxygens (including phenoxy) is 1. The van der Waals surface area contributed by atoms with Crippen LogP contribution in [0.25, 0.3) is 0 Å². The highest BCUT2D eigenvalue weighted by atomic mass is 35.5. The predicted octanol–water partition coefficient (Wildman–Crippen LogP) is 2.49. The Morgan fingerprint density at radius 2 is 2.10 bits per heavy atom. The van der Waals surface area contributed by atoms with E-state index < -0.39 is 0 Å². The van der Waals surface area contributed by atoms with Crippen molar-refractivity contribution < 1.29 is 9.53 Å². The summed E-state index contributed by atoms with van der Waals surface area (Å²) < 4.78 is 5.22. The van der Waals surface area contributed by atoms with Crippen LogP contribution in [-0.4, -0.2) is 36.0 Å². The van der Waals surface area contributed by atoms with Crippen LogP contribution in [0.5, 0.6) is 5.75 Å². The number of nitrogens with two attached hydrogens (primary N) is 1. The molecule has 0 radical (unpaired) electrons. The van der Waals surface area contributed by atoms with Crippen molar-refractivity contribution in [3.63, 3.8) is 0 Å². The molecule has 2 rings (SSSR count). The van der Waals surface area contributed by atoms with Crippen molar-refractivity contribution in [2.45, 2.75) is 12.8 Å². The van der Waals surface area contributed by atoms with Gasteiger partial charge in [-0.15, -0.1) is 0 Å². The van der Waals surface area contributed by atoms with E-state index in [0.29, 0.717) is 34.4 Å². The number of rotatable bonds is 3. The van der Waals surface area contributed by atoms with Crippen molar-refractivity contribution in [3.8, 4) is 5.75 Å². The second-order valence-corrected chi connectivity index (χ2v) is 5.72. The third-order valence-corrected chi connectivity index (χ3v) is 4.15. The number of carbonyl (C=O) groups excluding carboxylic acids is 1. The van der Waals surface area contributed by atoms with Gasteiger partial charge in [0.25, 0.3) is 5.91 Å². The van der Waals surface area contributed by atoms with Gasteiger partial charge in [0.05, 0.1) is 17.7 Å². The van der Waals surface area contributed by atoms with E-state index in [2.05, 4.69) is 0 Å². The average molecular weight is 313 g/mol. The topological polar surface area (TPSA) is 55.6 Å². The SMILES string of the molecule is COc1cc(Cl)ccc1C(=O)N1CCC(C(N)=S)CC1. The summed E-state index contributed by atoms with van der Waals surface area (Å²) >= 11 is 10.9. The zero-order chi connectivity index (χ0) is 14.7. The number of nitrogens with zero attached hydrogens (tertiary/aromatic N) is 1. The Balaban J connectivity index is 2.11. The molecule has 2 N–H and O–H groups in total. The molecule has 1 aliphatic heterocycles. The summed E-state index contributed by atoms with van der Waals surface area (Å²) in [5.41, 5.74) is 6.19. The minimum Gasteiger partial charge on any atom is -0.496 e. The lowest BCUT2D eigenvalue weighted by molar-refractivity contribution is 0.0707. The Bertz CT molecular complexity index is 528. The van der Waals surface area contributed by atoms with Gasteiger partial charge in [0.2, 0.25) is 0 Å². The Morgan fingerprint density at radius 3 is 2.65 bits per heavy atom. The summed E-state index contributed by atoms with van der Waals surface area (Å²) in [6.07, 6.45) is 1.63. The third kappa shape index (κ3) is 3.22. The predicted molar refractivity (Wildman–Crippen MR) is 83.4 cm³/mol. The summed E-state index contributed by atoms with van der Waals surface area (Å²) in [6.45, 7) is 1.32. The molecule has 1 aliphatic rings. The molecular formula is C14H17ClN2O2S. The monoisotopic (exact) mass is 312 g/mol. The zero-order valence-electron chi connectivity index (χ0n) is 11.3. The minimum absolute atomic E-state index is 0.0418. The number of hydrogen-bond acceptors (Lipinski definition) is 3. The number of hydrogen-bond donors (Lipinski definition) is 1. The fourth-order valence-corrected chi connectivity index (χ4v) is 2.78. The maximum Gasteiger partial charge on any atom is 0.257 e. The summed E-state index contributed by atoms with van der Waals surface area (Å²) in [7, 11) is 1.53. The van der Waals surface area contributed by atoms with Crippen LogP contribution in [0.3, 0.4) is 0 Å². The molecule has 1 heterocycles. The van der Waals surface area contributed by atoms with Gasteiger partial charge < -0.3 is 15.4 Å². The normalized spacial score (nSPS) is 16.0. The van der Waals surface area contributed by atoms with Crippen LogP contribution in [0.4, 0.5) is 0 Å². The molecule has 0 atom stereocenters. The number of thiocarbonyl (C=S) groups is 1. The van der Waals surface area contributed by atoms with Crippen LogP contribution in [0.2, 0.25) is 5.02 Å². The first-order chi connectivity index (χ1) is 9.52. The molecule has 1 aromatic rings. The van der Waals surface area contributed by atoms with Gasteiger partial charge >= 0.3 is 0 Å². The van der Waals surface area contributed by atoms with E-state index in [1.54, 1.807) is 23.1 Å². The van der Waals surface area contributed by atoms with E-state index in [1.165, 1.54) is 7.11 Å². The first-order valence-corrected chi connectivity index (χ1v) is 7.23. The molecule has 0 spiro atoms. The number of likely N-dealkylation sites (tertiary alicyclic amines) is 1. The summed E-state index contributed by atoms with van der Waals surface area (Å²) in [5.74, 6) is 0.694. The third-order valence-electron chi connectivity index (χ3n) is 3.58. The fourth-order valence-electron chi connectivity index (χ4n) is 2.38. The van der Waals surface area contributed by atoms with Gasteiger partial charge in [-0.05, 0) is 31.0 Å². The van der Waals surface area contributed by atoms with E-state index in [0.717, 1.165) is 12.8 Å². The van der Waals surface area contributed by atoms with Crippen molar-refractivity contribution in [2.75, 3.05) is 20.2 Å². The van der Waals surface area contributed by atoms with Gasteiger partial charge in [-0.3, -0.25) is 4.79 Å². The largest absolute Gasteiger partial charge is 0.496 e. The lowest BCUT2D eigenvalue weighted by Crippen LogP contribution is -2.41. The molecule has 1 aromatic carbocycles. The highest BCUT2D eigenvalue weighted by molar-refractivity contribution is 7.80. The lowest BCUT2D eigenvalue weighted by atomic mass is 9.96. The van der Waals surface area contributed by atoms with Gasteiger partial charge in [0.15, 0.2) is 0 Å². The maximum absolute atomic E-state index is 12.5. The van der Waals surface area contributed by atoms with Crippen LogP contribution in [0.15, 0.2) is 18.2 Å². The zero-order valence-corrected chi connectivity index (χ0v) is 12.8. The van der Waals surface area contributed by atoms with Crippen molar-refractivity contribution in [1.29, 1.82) is 0 Å². The molecule has 0 unspecified atom stereocenters. The van der Waals surface area contributed by atoms with E-state index in [4.69, 9.17) is 34.3 Å². The van der Waals surface area contributed by atoms with Crippen LogP contribution in [0.1, 0.15) is 23.2 Å². The number of carbonyl (C=O) groups is 1. The second kappa shape index (κ2) is 6.41. The van der Waals surface area contributed by atoms with E-state index in [1.807, 2.05) is 0 Å². The Kier molecular flexibility index (Phi) is 4.83. The highest BCUT2D eigenvalue weighted by Crippen LogP contribution is 2.26. The molecule has 1 amide bonds. The van der Waals surface area contributed by atoms with Gasteiger partial charge in [-0.2, -0.15) is 0 Å². The number of methoxy groups -OCH3 is 1. The smallest absolute Gasteiger partial charge is 0.257 e. The van der Waals surface area contributed by atoms with Crippen molar-refractivity contribution in [1.82, 2.24) is 4.90 Å². The Hall–Kier alpha value is -1.33. The lowest BCUT2D eigenvalue weighted by Gasteiger charge is -2.31. The van der Waals surface area contributed by atoms with Crippen molar-refractivity contribution in [2.24, 2.45) is 11.7 Å². The van der Waals surface area contributed by atoms with Crippen LogP contribution in [0, 0.1) is 5.92 Å². The Morgan fingerprint density at radius 1 is 1.45 bits per heavy atom. The average Bonchev–Trinajstić information content (AvgIpc) is 2.46. The first-order valence-electron chi connectivity index (χ1n) is 6.45. The van der Waals surface area contributed by atoms with Crippen molar-refractivity contribution >= 4 is 34.7 Å². The van der Waals surface area contributed by atoms with E-state index in [9.17, 15) is 4.79 Å². The van der Waals surface area contributed by atoms with E-state index >= 15 is 0 Å². The highest BCUT2D eigenvalue weighted by Gasteiger charge is 2.26. The fraction of sp³-hybridized carbons (Fsp3) is 0.429. The second-order valence-electron chi connectivity index (χ2n) is 4.81. The molecule has 0 saturated carbocycles. The number of amides is 1. The number of benzene rings is 1. The molecule has 1 saturated heterocycles. The van der Waals surface area contributed by atoms with Crippen LogP contribution in [-0.2, 0) is 0 Å². The molecule has 0 aromatic heterocycles. The standard InChI is InChI=1S/C14H17ClN2O2S/c1-19-12-8-10(15)2-3-11(12)14(18)17-6-4-9(5-7-17)13(16)20/h2-3,8-9H,4-7H2,1H3,(H2,16,20). The van der Waals surface area contributed by atoms with Crippen molar-refractivity contribution in [3.05, 3.63) is 28.8 Å². The Labute approximate surface area is 128 Å². The molecule has 20 heavy (non-hydrogen) atoms.